The fourth-order valence-electron chi connectivity index (χ4n) is 5.84. The van der Waals surface area contributed by atoms with Crippen molar-refractivity contribution in [2.45, 2.75) is 162 Å². The summed E-state index contributed by atoms with van der Waals surface area (Å²) in [5.74, 6) is 0. The topological polar surface area (TPSA) is 30.0 Å². The standard InChI is InChI=1S/C28H58N.H2O/c1-4-7-8-9-10-11-12-13-14-15-16-17-18-19-20-24-27-29(5-2,6-3)28-25-22-21-23-26-28;/h28H,4-27H2,1-3H3;1H2/q+1;/p-1. The van der Waals surface area contributed by atoms with Crippen LogP contribution < -0.4 is 0 Å². The van der Waals surface area contributed by atoms with Gasteiger partial charge in [0.1, 0.15) is 0 Å². The minimum Gasteiger partial charge on any atom is -0.870 e. The summed E-state index contributed by atoms with van der Waals surface area (Å²) in [4.78, 5) is 0. The number of hydrogen-bond acceptors (Lipinski definition) is 1. The van der Waals surface area contributed by atoms with Gasteiger partial charge in [0.05, 0.1) is 25.7 Å². The predicted molar refractivity (Wildman–Crippen MR) is 135 cm³/mol. The van der Waals surface area contributed by atoms with Gasteiger partial charge in [-0.1, -0.05) is 103 Å². The number of rotatable bonds is 20. The van der Waals surface area contributed by atoms with Crippen molar-refractivity contribution in [3.63, 3.8) is 0 Å². The van der Waals surface area contributed by atoms with E-state index in [1.807, 2.05) is 0 Å². The van der Waals surface area contributed by atoms with Gasteiger partial charge < -0.3 is 9.96 Å². The van der Waals surface area contributed by atoms with Crippen LogP contribution in [0.15, 0.2) is 0 Å². The molecular formula is C28H59NO. The Morgan fingerprint density at radius 3 is 1.23 bits per heavy atom. The van der Waals surface area contributed by atoms with Gasteiger partial charge in [-0.25, -0.2) is 0 Å². The molecule has 1 aliphatic carbocycles. The Morgan fingerprint density at radius 1 is 0.500 bits per heavy atom. The monoisotopic (exact) mass is 425 g/mol. The van der Waals surface area contributed by atoms with E-state index < -0.39 is 0 Å². The highest BCUT2D eigenvalue weighted by Crippen LogP contribution is 2.29. The van der Waals surface area contributed by atoms with Crippen LogP contribution in [-0.4, -0.2) is 35.6 Å². The van der Waals surface area contributed by atoms with Crippen molar-refractivity contribution in [3.8, 4) is 0 Å². The molecule has 2 heteroatoms. The summed E-state index contributed by atoms with van der Waals surface area (Å²) >= 11 is 0. The Balaban J connectivity index is 0.00000841. The summed E-state index contributed by atoms with van der Waals surface area (Å²) in [6.45, 7) is 11.4. The average Bonchev–Trinajstić information content (AvgIpc) is 2.77. The third-order valence-electron chi connectivity index (χ3n) is 8.07. The Morgan fingerprint density at radius 2 is 0.867 bits per heavy atom. The second kappa shape index (κ2) is 20.8. The first-order chi connectivity index (χ1) is 14.3. The molecule has 0 spiro atoms. The van der Waals surface area contributed by atoms with E-state index in [2.05, 4.69) is 20.8 Å². The molecule has 0 saturated heterocycles. The van der Waals surface area contributed by atoms with Gasteiger partial charge in [0.25, 0.3) is 0 Å². The van der Waals surface area contributed by atoms with Crippen molar-refractivity contribution < 1.29 is 9.96 Å². The van der Waals surface area contributed by atoms with Crippen molar-refractivity contribution >= 4 is 0 Å². The van der Waals surface area contributed by atoms with Gasteiger partial charge in [-0.3, -0.25) is 0 Å². The molecular weight excluding hydrogens is 366 g/mol. The maximum atomic E-state index is 2.45. The first-order valence-electron chi connectivity index (χ1n) is 14.1. The molecule has 0 aromatic heterocycles. The van der Waals surface area contributed by atoms with Gasteiger partial charge in [-0.15, -0.1) is 0 Å². The molecule has 0 aliphatic heterocycles. The normalized spacial score (nSPS) is 15.3. The van der Waals surface area contributed by atoms with Crippen LogP contribution in [-0.2, 0) is 0 Å². The minimum absolute atomic E-state index is 0. The highest BCUT2D eigenvalue weighted by molar-refractivity contribution is 4.67. The van der Waals surface area contributed by atoms with Gasteiger partial charge in [0.15, 0.2) is 0 Å². The smallest absolute Gasteiger partial charge is 0.0890 e. The van der Waals surface area contributed by atoms with Gasteiger partial charge in [0, 0.05) is 0 Å². The van der Waals surface area contributed by atoms with Crippen LogP contribution >= 0.6 is 0 Å². The van der Waals surface area contributed by atoms with E-state index in [0.717, 1.165) is 6.04 Å². The van der Waals surface area contributed by atoms with Gasteiger partial charge in [-0.2, -0.15) is 0 Å². The van der Waals surface area contributed by atoms with E-state index in [1.165, 1.54) is 159 Å². The van der Waals surface area contributed by atoms with Crippen LogP contribution in [0.25, 0.3) is 0 Å². The molecule has 0 atom stereocenters. The number of hydrogen-bond donors (Lipinski definition) is 0. The highest BCUT2D eigenvalue weighted by Gasteiger charge is 2.34. The third-order valence-corrected chi connectivity index (χ3v) is 8.07. The average molecular weight is 426 g/mol. The molecule has 30 heavy (non-hydrogen) atoms. The van der Waals surface area contributed by atoms with E-state index in [-0.39, 0.29) is 5.48 Å². The molecule has 1 N–H and O–H groups in total. The molecule has 1 aliphatic rings. The molecule has 1 saturated carbocycles. The molecule has 2 nitrogen and oxygen atoms in total. The van der Waals surface area contributed by atoms with Gasteiger partial charge in [-0.05, 0) is 52.4 Å². The zero-order valence-corrected chi connectivity index (χ0v) is 21.4. The fraction of sp³-hybridized carbons (Fsp3) is 1.00. The molecule has 0 heterocycles. The van der Waals surface area contributed by atoms with E-state index in [9.17, 15) is 0 Å². The quantitative estimate of drug-likeness (QED) is 0.141. The molecule has 0 bridgehead atoms. The van der Waals surface area contributed by atoms with Gasteiger partial charge >= 0.3 is 0 Å². The van der Waals surface area contributed by atoms with E-state index in [1.54, 1.807) is 0 Å². The SMILES string of the molecule is CCCCCCCCCCCCCCCCCC[N+](CC)(CC)C1CCCCC1.[OH-]. The summed E-state index contributed by atoms with van der Waals surface area (Å²) in [5, 5.41) is 0. The molecule has 1 rings (SSSR count). The Hall–Kier alpha value is -0.0800. The van der Waals surface area contributed by atoms with Crippen molar-refractivity contribution in [2.24, 2.45) is 0 Å². The van der Waals surface area contributed by atoms with Crippen LogP contribution in [0.1, 0.15) is 156 Å². The van der Waals surface area contributed by atoms with Crippen molar-refractivity contribution in [1.82, 2.24) is 0 Å². The third kappa shape index (κ3) is 13.4. The second-order valence-corrected chi connectivity index (χ2v) is 10.2. The molecule has 0 aromatic carbocycles. The largest absolute Gasteiger partial charge is 0.870 e. The first kappa shape index (κ1) is 29.9. The van der Waals surface area contributed by atoms with Crippen molar-refractivity contribution in [3.05, 3.63) is 0 Å². The second-order valence-electron chi connectivity index (χ2n) is 10.2. The Bertz CT molecular complexity index is 334. The Kier molecular flexibility index (Phi) is 20.7. The van der Waals surface area contributed by atoms with Crippen LogP contribution in [0.2, 0.25) is 0 Å². The van der Waals surface area contributed by atoms with Crippen molar-refractivity contribution in [2.75, 3.05) is 19.6 Å². The lowest BCUT2D eigenvalue weighted by Crippen LogP contribution is -2.56. The van der Waals surface area contributed by atoms with E-state index in [0.29, 0.717) is 0 Å². The summed E-state index contributed by atoms with van der Waals surface area (Å²) in [6.07, 6.45) is 31.0. The summed E-state index contributed by atoms with van der Waals surface area (Å²) < 4.78 is 1.43. The van der Waals surface area contributed by atoms with E-state index >= 15 is 0 Å². The zero-order chi connectivity index (χ0) is 21.0. The summed E-state index contributed by atoms with van der Waals surface area (Å²) in [5.41, 5.74) is 0. The zero-order valence-electron chi connectivity index (χ0n) is 21.4. The molecule has 0 aromatic rings. The lowest BCUT2D eigenvalue weighted by Gasteiger charge is -2.45. The summed E-state index contributed by atoms with van der Waals surface area (Å²) in [7, 11) is 0. The van der Waals surface area contributed by atoms with Crippen molar-refractivity contribution in [1.29, 1.82) is 0 Å². The number of unbranched alkanes of at least 4 members (excludes halogenated alkanes) is 15. The fourth-order valence-corrected chi connectivity index (χ4v) is 5.84. The van der Waals surface area contributed by atoms with Crippen LogP contribution in [0.5, 0.6) is 0 Å². The maximum Gasteiger partial charge on any atom is 0.0890 e. The maximum absolute atomic E-state index is 2.45. The minimum atomic E-state index is 0. The van der Waals surface area contributed by atoms with Crippen LogP contribution in [0.3, 0.4) is 0 Å². The predicted octanol–water partition coefficient (Wildman–Crippen LogP) is 9.26. The van der Waals surface area contributed by atoms with E-state index in [4.69, 9.17) is 0 Å². The summed E-state index contributed by atoms with van der Waals surface area (Å²) in [6, 6.07) is 0.982. The van der Waals surface area contributed by atoms with Gasteiger partial charge in [0.2, 0.25) is 0 Å². The number of nitrogens with zero attached hydrogens (tertiary/aromatic N) is 1. The molecule has 0 amide bonds. The molecule has 1 fully saturated rings. The highest BCUT2D eigenvalue weighted by atomic mass is 16.0. The lowest BCUT2D eigenvalue weighted by molar-refractivity contribution is -0.949. The molecule has 0 radical (unpaired) electrons. The Labute approximate surface area is 191 Å². The molecule has 0 unspecified atom stereocenters. The van der Waals surface area contributed by atoms with Crippen LogP contribution in [0.4, 0.5) is 0 Å². The van der Waals surface area contributed by atoms with Crippen LogP contribution in [0, 0.1) is 0 Å². The molecule has 182 valence electrons. The number of quaternary nitrogens is 1. The first-order valence-corrected chi connectivity index (χ1v) is 14.1. The lowest BCUT2D eigenvalue weighted by atomic mass is 9.91.